The molecule has 4 rings (SSSR count). The van der Waals surface area contributed by atoms with Crippen molar-refractivity contribution >= 4 is 11.3 Å². The number of ether oxygens (including phenoxy) is 3. The number of methoxy groups -OCH3 is 2. The van der Waals surface area contributed by atoms with E-state index in [2.05, 4.69) is 35.4 Å². The summed E-state index contributed by atoms with van der Waals surface area (Å²) in [5.41, 5.74) is 2.76. The smallest absolute Gasteiger partial charge is 0.163 e. The van der Waals surface area contributed by atoms with Gasteiger partial charge in [0.1, 0.15) is 0 Å². The first-order valence-corrected chi connectivity index (χ1v) is 10.4. The zero-order valence-electron chi connectivity index (χ0n) is 16.0. The lowest BCUT2D eigenvalue weighted by Gasteiger charge is -2.46. The Bertz CT molecular complexity index is 700. The van der Waals surface area contributed by atoms with E-state index in [0.29, 0.717) is 5.92 Å². The number of fused-ring (bicyclic) bond motifs is 2. The fourth-order valence-corrected chi connectivity index (χ4v) is 5.59. The molecule has 2 unspecified atom stereocenters. The molecule has 2 atom stereocenters. The molecule has 1 saturated heterocycles. The summed E-state index contributed by atoms with van der Waals surface area (Å²) in [4.78, 5) is 4.01. The van der Waals surface area contributed by atoms with Gasteiger partial charge in [0.25, 0.3) is 0 Å². The fraction of sp³-hybridized carbons (Fsp3) is 0.619. The Hall–Kier alpha value is -1.14. The standard InChI is InChI=1S/C21H29NO3S/c1-15-12-16(4-5-18(15)23-2)14-22-9-7-21(8-10-22)17-6-11-26-19(17)13-20(24-3)25-21/h4-6,11,15,20H,7-10,12-14H2,1-3H3. The first-order chi connectivity index (χ1) is 12.6. The molecule has 0 amide bonds. The van der Waals surface area contributed by atoms with Gasteiger partial charge in [-0.15, -0.1) is 11.3 Å². The van der Waals surface area contributed by atoms with E-state index in [1.165, 1.54) is 16.0 Å². The Morgan fingerprint density at radius 3 is 2.73 bits per heavy atom. The second-order valence-corrected chi connectivity index (χ2v) is 8.72. The van der Waals surface area contributed by atoms with Crippen molar-refractivity contribution in [3.63, 3.8) is 0 Å². The molecule has 3 heterocycles. The molecule has 0 N–H and O–H groups in total. The number of piperidine rings is 1. The van der Waals surface area contributed by atoms with Crippen LogP contribution in [0.1, 0.15) is 36.6 Å². The van der Waals surface area contributed by atoms with Crippen molar-refractivity contribution in [3.05, 3.63) is 45.4 Å². The van der Waals surface area contributed by atoms with Gasteiger partial charge in [0, 0.05) is 44.0 Å². The van der Waals surface area contributed by atoms with Crippen LogP contribution < -0.4 is 0 Å². The van der Waals surface area contributed by atoms with E-state index >= 15 is 0 Å². The Morgan fingerprint density at radius 1 is 1.23 bits per heavy atom. The van der Waals surface area contributed by atoms with Gasteiger partial charge in [-0.2, -0.15) is 0 Å². The van der Waals surface area contributed by atoms with Crippen molar-refractivity contribution in [1.29, 1.82) is 0 Å². The van der Waals surface area contributed by atoms with Gasteiger partial charge in [-0.05, 0) is 42.3 Å². The number of nitrogens with zero attached hydrogens (tertiary/aromatic N) is 1. The summed E-state index contributed by atoms with van der Waals surface area (Å²) < 4.78 is 17.5. The summed E-state index contributed by atoms with van der Waals surface area (Å²) in [7, 11) is 3.52. The average molecular weight is 376 g/mol. The first-order valence-electron chi connectivity index (χ1n) is 9.57. The van der Waals surface area contributed by atoms with Crippen LogP contribution in [0.15, 0.2) is 34.9 Å². The molecule has 26 heavy (non-hydrogen) atoms. The second kappa shape index (κ2) is 7.47. The van der Waals surface area contributed by atoms with E-state index in [-0.39, 0.29) is 11.9 Å². The topological polar surface area (TPSA) is 30.9 Å². The Kier molecular flexibility index (Phi) is 5.24. The number of likely N-dealkylation sites (tertiary alicyclic amines) is 1. The maximum Gasteiger partial charge on any atom is 0.163 e. The van der Waals surface area contributed by atoms with E-state index < -0.39 is 0 Å². The van der Waals surface area contributed by atoms with Gasteiger partial charge in [-0.25, -0.2) is 0 Å². The summed E-state index contributed by atoms with van der Waals surface area (Å²) in [5, 5.41) is 2.20. The van der Waals surface area contributed by atoms with Gasteiger partial charge in [-0.1, -0.05) is 18.6 Å². The van der Waals surface area contributed by atoms with E-state index in [0.717, 1.165) is 51.1 Å². The van der Waals surface area contributed by atoms with Crippen LogP contribution >= 0.6 is 11.3 Å². The Labute approximate surface area is 160 Å². The lowest BCUT2D eigenvalue weighted by Crippen LogP contribution is -2.49. The van der Waals surface area contributed by atoms with Crippen molar-refractivity contribution in [2.45, 2.75) is 44.5 Å². The third-order valence-electron chi connectivity index (χ3n) is 6.07. The maximum atomic E-state index is 6.45. The van der Waals surface area contributed by atoms with Gasteiger partial charge < -0.3 is 14.2 Å². The lowest BCUT2D eigenvalue weighted by molar-refractivity contribution is -0.226. The number of hydrogen-bond acceptors (Lipinski definition) is 5. The van der Waals surface area contributed by atoms with Gasteiger partial charge in [0.2, 0.25) is 0 Å². The fourth-order valence-electron chi connectivity index (χ4n) is 4.60. The molecule has 1 aromatic heterocycles. The Morgan fingerprint density at radius 2 is 2.04 bits per heavy atom. The third-order valence-corrected chi connectivity index (χ3v) is 7.02. The van der Waals surface area contributed by atoms with Crippen molar-refractivity contribution < 1.29 is 14.2 Å². The molecular weight excluding hydrogens is 346 g/mol. The highest BCUT2D eigenvalue weighted by molar-refractivity contribution is 7.10. The summed E-state index contributed by atoms with van der Waals surface area (Å²) in [6, 6.07) is 2.27. The first kappa shape index (κ1) is 18.2. The van der Waals surface area contributed by atoms with Crippen LogP contribution in [0, 0.1) is 5.92 Å². The molecule has 1 aliphatic carbocycles. The van der Waals surface area contributed by atoms with Gasteiger partial charge in [-0.3, -0.25) is 4.90 Å². The molecule has 2 aliphatic heterocycles. The minimum atomic E-state index is -0.151. The van der Waals surface area contributed by atoms with Crippen molar-refractivity contribution in [2.75, 3.05) is 33.9 Å². The summed E-state index contributed by atoms with van der Waals surface area (Å²) in [5.74, 6) is 1.58. The molecule has 0 aromatic carbocycles. The average Bonchev–Trinajstić information content (AvgIpc) is 3.13. The zero-order chi connectivity index (χ0) is 18.1. The third kappa shape index (κ3) is 3.38. The van der Waals surface area contributed by atoms with Crippen LogP contribution in [0.25, 0.3) is 0 Å². The van der Waals surface area contributed by atoms with Crippen molar-refractivity contribution in [2.24, 2.45) is 5.92 Å². The number of rotatable bonds is 4. The highest BCUT2D eigenvalue weighted by Gasteiger charge is 2.44. The highest BCUT2D eigenvalue weighted by atomic mass is 32.1. The predicted molar refractivity (Wildman–Crippen MR) is 104 cm³/mol. The molecule has 1 aromatic rings. The van der Waals surface area contributed by atoms with Gasteiger partial charge >= 0.3 is 0 Å². The molecule has 0 radical (unpaired) electrons. The summed E-state index contributed by atoms with van der Waals surface area (Å²) >= 11 is 1.84. The van der Waals surface area contributed by atoms with E-state index in [9.17, 15) is 0 Å². The van der Waals surface area contributed by atoms with E-state index in [4.69, 9.17) is 14.2 Å². The SMILES string of the molecule is COC1=CC=C(CN2CCC3(CC2)OC(OC)Cc2sccc23)CC1C. The molecule has 0 saturated carbocycles. The molecular formula is C21H29NO3S. The van der Waals surface area contributed by atoms with Crippen molar-refractivity contribution in [1.82, 2.24) is 4.90 Å². The Balaban J connectivity index is 1.42. The zero-order valence-corrected chi connectivity index (χ0v) is 16.8. The van der Waals surface area contributed by atoms with Crippen LogP contribution in [0.3, 0.4) is 0 Å². The maximum absolute atomic E-state index is 6.45. The minimum absolute atomic E-state index is 0.104. The second-order valence-electron chi connectivity index (χ2n) is 7.72. The van der Waals surface area contributed by atoms with Crippen LogP contribution in [0.5, 0.6) is 0 Å². The largest absolute Gasteiger partial charge is 0.501 e. The molecule has 1 spiro atoms. The normalized spacial score (nSPS) is 28.4. The molecule has 4 nitrogen and oxygen atoms in total. The lowest BCUT2D eigenvalue weighted by atomic mass is 9.82. The van der Waals surface area contributed by atoms with Crippen LogP contribution in [-0.2, 0) is 26.2 Å². The quantitative estimate of drug-likeness (QED) is 0.793. The van der Waals surface area contributed by atoms with E-state index in [1.54, 1.807) is 14.2 Å². The number of hydrogen-bond donors (Lipinski definition) is 0. The number of allylic oxidation sites excluding steroid dienone is 3. The molecule has 1 fully saturated rings. The van der Waals surface area contributed by atoms with Gasteiger partial charge in [0.15, 0.2) is 6.29 Å². The van der Waals surface area contributed by atoms with Crippen molar-refractivity contribution in [3.8, 4) is 0 Å². The molecule has 142 valence electrons. The van der Waals surface area contributed by atoms with Crippen LogP contribution in [-0.4, -0.2) is 45.0 Å². The van der Waals surface area contributed by atoms with Crippen LogP contribution in [0.4, 0.5) is 0 Å². The summed E-state index contributed by atoms with van der Waals surface area (Å²) in [6.45, 7) is 5.43. The molecule has 0 bridgehead atoms. The summed E-state index contributed by atoms with van der Waals surface area (Å²) in [6.07, 6.45) is 8.34. The molecule has 3 aliphatic rings. The minimum Gasteiger partial charge on any atom is -0.501 e. The molecule has 5 heteroatoms. The number of thiophene rings is 1. The predicted octanol–water partition coefficient (Wildman–Crippen LogP) is 4.08. The van der Waals surface area contributed by atoms with E-state index in [1.807, 2.05) is 11.3 Å². The monoisotopic (exact) mass is 375 g/mol. The highest BCUT2D eigenvalue weighted by Crippen LogP contribution is 2.45. The van der Waals surface area contributed by atoms with Crippen LogP contribution in [0.2, 0.25) is 0 Å². The van der Waals surface area contributed by atoms with Gasteiger partial charge in [0.05, 0.1) is 18.5 Å².